The van der Waals surface area contributed by atoms with E-state index in [1.807, 2.05) is 79.4 Å². The highest BCUT2D eigenvalue weighted by Gasteiger charge is 1.98. The maximum Gasteiger partial charge on any atom is 0.217 e. The summed E-state index contributed by atoms with van der Waals surface area (Å²) in [6.07, 6.45) is 14.3. The zero-order chi connectivity index (χ0) is 19.2. The normalized spacial score (nSPS) is 10.8. The van der Waals surface area contributed by atoms with E-state index in [4.69, 9.17) is 5.73 Å². The predicted molar refractivity (Wildman–Crippen MR) is 110 cm³/mol. The summed E-state index contributed by atoms with van der Waals surface area (Å²) in [5.41, 5.74) is 7.01. The number of rotatable bonds is 5. The smallest absolute Gasteiger partial charge is 0.217 e. The van der Waals surface area contributed by atoms with Crippen LogP contribution < -0.4 is 5.73 Å². The first-order valence-corrected chi connectivity index (χ1v) is 9.46. The molecule has 2 N–H and O–H groups in total. The van der Waals surface area contributed by atoms with E-state index in [1.54, 1.807) is 23.9 Å². The second-order valence-electron chi connectivity index (χ2n) is 4.92. The number of thiazole rings is 1. The van der Waals surface area contributed by atoms with E-state index in [-0.39, 0.29) is 5.91 Å². The molecule has 6 heteroatoms. The van der Waals surface area contributed by atoms with Crippen LogP contribution in [-0.4, -0.2) is 20.3 Å². The third-order valence-electron chi connectivity index (χ3n) is 3.10. The number of aromatic nitrogens is 3. The number of pyridine rings is 1. The highest BCUT2D eigenvalue weighted by atomic mass is 32.1. The molecule has 0 radical (unpaired) electrons. The topological polar surface area (TPSA) is 73.3 Å². The first-order valence-electron chi connectivity index (χ1n) is 8.58. The minimum atomic E-state index is -0.280. The fourth-order valence-corrected chi connectivity index (χ4v) is 2.69. The molecule has 26 heavy (non-hydrogen) atoms. The van der Waals surface area contributed by atoms with Crippen molar-refractivity contribution in [3.8, 4) is 0 Å². The molecule has 3 heterocycles. The number of hydrogen-bond donors (Lipinski definition) is 1. The standard InChI is InChI=1S/C13H16N2O.C5H4N2S.C2H6/c1-2-6-11(7-5-9-13(14)16)12-8-3-4-10-15-12;1-2-8-5-3-6-4-7(1)5;1-2/h2-4,6-8,10H,5,9H2,1H3,(H2,14,16);1-4H;1-2H3/b6-2-,11-7+;;. The van der Waals surface area contributed by atoms with Crippen molar-refractivity contribution in [3.63, 3.8) is 0 Å². The molecule has 0 aliphatic rings. The number of imidazole rings is 1. The van der Waals surface area contributed by atoms with Gasteiger partial charge >= 0.3 is 0 Å². The number of nitrogens with zero attached hydrogens (tertiary/aromatic N) is 3. The second-order valence-corrected chi connectivity index (χ2v) is 5.85. The van der Waals surface area contributed by atoms with Gasteiger partial charge in [0.15, 0.2) is 0 Å². The van der Waals surface area contributed by atoms with E-state index < -0.39 is 0 Å². The lowest BCUT2D eigenvalue weighted by Crippen LogP contribution is -2.09. The van der Waals surface area contributed by atoms with Crippen LogP contribution in [0.3, 0.4) is 0 Å². The number of carbonyl (C=O) groups excluding carboxylic acids is 1. The number of fused-ring (bicyclic) bond motifs is 1. The Morgan fingerprint density at radius 1 is 1.35 bits per heavy atom. The predicted octanol–water partition coefficient (Wildman–Crippen LogP) is 4.73. The Labute approximate surface area is 158 Å². The van der Waals surface area contributed by atoms with Gasteiger partial charge in [0.05, 0.1) is 18.2 Å². The molecule has 3 aromatic heterocycles. The average Bonchev–Trinajstić information content (AvgIpc) is 3.28. The van der Waals surface area contributed by atoms with E-state index in [0.717, 1.165) is 11.3 Å². The number of amides is 1. The molecular weight excluding hydrogens is 344 g/mol. The summed E-state index contributed by atoms with van der Waals surface area (Å²) in [4.78, 5) is 20.0. The van der Waals surface area contributed by atoms with Gasteiger partial charge in [0.2, 0.25) is 5.91 Å². The van der Waals surface area contributed by atoms with Crippen LogP contribution >= 0.6 is 11.3 Å². The highest BCUT2D eigenvalue weighted by Crippen LogP contribution is 2.14. The van der Waals surface area contributed by atoms with Crippen molar-refractivity contribution in [1.82, 2.24) is 14.4 Å². The van der Waals surface area contributed by atoms with Gasteiger partial charge in [0, 0.05) is 24.2 Å². The van der Waals surface area contributed by atoms with E-state index in [2.05, 4.69) is 9.97 Å². The Hall–Kier alpha value is -2.73. The molecule has 0 fully saturated rings. The lowest BCUT2D eigenvalue weighted by Gasteiger charge is -2.01. The monoisotopic (exact) mass is 370 g/mol. The van der Waals surface area contributed by atoms with Crippen molar-refractivity contribution >= 4 is 27.6 Å². The van der Waals surface area contributed by atoms with Crippen molar-refractivity contribution in [2.75, 3.05) is 0 Å². The van der Waals surface area contributed by atoms with Crippen LogP contribution in [0.5, 0.6) is 0 Å². The molecule has 5 nitrogen and oxygen atoms in total. The lowest BCUT2D eigenvalue weighted by molar-refractivity contribution is -0.117. The molecule has 0 saturated heterocycles. The van der Waals surface area contributed by atoms with Crippen LogP contribution in [0.4, 0.5) is 0 Å². The lowest BCUT2D eigenvalue weighted by atomic mass is 10.1. The zero-order valence-electron chi connectivity index (χ0n) is 15.5. The summed E-state index contributed by atoms with van der Waals surface area (Å²) in [5.74, 6) is -0.280. The van der Waals surface area contributed by atoms with Gasteiger partial charge in [0.25, 0.3) is 0 Å². The molecule has 0 saturated carbocycles. The van der Waals surface area contributed by atoms with Crippen molar-refractivity contribution in [2.45, 2.75) is 33.6 Å². The molecule has 0 aliphatic heterocycles. The fourth-order valence-electron chi connectivity index (χ4n) is 2.00. The number of hydrogen-bond acceptors (Lipinski definition) is 4. The zero-order valence-corrected chi connectivity index (χ0v) is 16.3. The van der Waals surface area contributed by atoms with Crippen LogP contribution in [-0.2, 0) is 4.79 Å². The molecule has 0 bridgehead atoms. The van der Waals surface area contributed by atoms with E-state index in [9.17, 15) is 4.79 Å². The first kappa shape index (κ1) is 21.3. The minimum Gasteiger partial charge on any atom is -0.370 e. The highest BCUT2D eigenvalue weighted by molar-refractivity contribution is 7.15. The van der Waals surface area contributed by atoms with Gasteiger partial charge in [-0.1, -0.05) is 38.1 Å². The largest absolute Gasteiger partial charge is 0.370 e. The van der Waals surface area contributed by atoms with Gasteiger partial charge in [-0.25, -0.2) is 4.98 Å². The Bertz CT molecular complexity index is 767. The molecule has 0 aliphatic carbocycles. The molecule has 138 valence electrons. The molecule has 1 amide bonds. The SMILES string of the molecule is C/C=C\C(=C/CCC(N)=O)c1ccccn1.CC.c1cn2cncc2s1. The Balaban J connectivity index is 0.000000278. The summed E-state index contributed by atoms with van der Waals surface area (Å²) < 4.78 is 1.99. The van der Waals surface area contributed by atoms with Gasteiger partial charge in [-0.15, -0.1) is 11.3 Å². The summed E-state index contributed by atoms with van der Waals surface area (Å²) in [5, 5.41) is 2.04. The van der Waals surface area contributed by atoms with Gasteiger partial charge in [-0.05, 0) is 31.1 Å². The number of nitrogens with two attached hydrogens (primary N) is 1. The third kappa shape index (κ3) is 7.44. The van der Waals surface area contributed by atoms with E-state index in [0.29, 0.717) is 12.8 Å². The number of primary amides is 1. The van der Waals surface area contributed by atoms with Crippen molar-refractivity contribution in [3.05, 3.63) is 72.4 Å². The van der Waals surface area contributed by atoms with Gasteiger partial charge in [0.1, 0.15) is 4.83 Å². The van der Waals surface area contributed by atoms with Gasteiger partial charge in [-0.2, -0.15) is 0 Å². The maximum atomic E-state index is 10.6. The molecule has 0 atom stereocenters. The molecular formula is C20H26N4OS. The Kier molecular flexibility index (Phi) is 10.3. The molecule has 3 rings (SSSR count). The van der Waals surface area contributed by atoms with Gasteiger partial charge in [-0.3, -0.25) is 14.2 Å². The Morgan fingerprint density at radius 2 is 2.15 bits per heavy atom. The van der Waals surface area contributed by atoms with E-state index >= 15 is 0 Å². The molecule has 0 unspecified atom stereocenters. The first-order chi connectivity index (χ1) is 12.7. The molecule has 0 spiro atoms. The summed E-state index contributed by atoms with van der Waals surface area (Å²) in [6.45, 7) is 5.95. The maximum absolute atomic E-state index is 10.6. The molecule has 0 aromatic carbocycles. The van der Waals surface area contributed by atoms with Crippen LogP contribution in [0.15, 0.2) is 66.7 Å². The Morgan fingerprint density at radius 3 is 2.77 bits per heavy atom. The summed E-state index contributed by atoms with van der Waals surface area (Å²) >= 11 is 1.69. The molecule has 3 aromatic rings. The summed E-state index contributed by atoms with van der Waals surface area (Å²) in [6, 6.07) is 5.75. The third-order valence-corrected chi connectivity index (χ3v) is 3.92. The number of carbonyl (C=O) groups is 1. The van der Waals surface area contributed by atoms with E-state index in [1.165, 1.54) is 4.83 Å². The summed E-state index contributed by atoms with van der Waals surface area (Å²) in [7, 11) is 0. The van der Waals surface area contributed by atoms with Gasteiger partial charge < -0.3 is 5.73 Å². The second kappa shape index (κ2) is 12.6. The van der Waals surface area contributed by atoms with Crippen molar-refractivity contribution in [2.24, 2.45) is 5.73 Å². The van der Waals surface area contributed by atoms with Crippen molar-refractivity contribution < 1.29 is 4.79 Å². The quantitative estimate of drug-likeness (QED) is 0.660. The fraction of sp³-hybridized carbons (Fsp3) is 0.250. The minimum absolute atomic E-state index is 0.280. The average molecular weight is 371 g/mol. The number of allylic oxidation sites excluding steroid dienone is 4. The van der Waals surface area contributed by atoms with Crippen molar-refractivity contribution in [1.29, 1.82) is 0 Å². The van der Waals surface area contributed by atoms with Crippen LogP contribution in [0, 0.1) is 0 Å². The van der Waals surface area contributed by atoms with Crippen LogP contribution in [0.25, 0.3) is 10.4 Å². The van der Waals surface area contributed by atoms with Crippen LogP contribution in [0.2, 0.25) is 0 Å². The van der Waals surface area contributed by atoms with Crippen LogP contribution in [0.1, 0.15) is 39.3 Å².